The molecule has 0 saturated carbocycles. The molecule has 4 nitrogen and oxygen atoms in total. The second kappa shape index (κ2) is 6.49. The average molecular weight is 203 g/mol. The molecule has 0 rings (SSSR count). The average Bonchev–Trinajstić information content (AvgIpc) is 0.722. The van der Waals surface area contributed by atoms with Crippen molar-refractivity contribution in [3.63, 3.8) is 0 Å². The van der Waals surface area contributed by atoms with Crippen LogP contribution in [0.25, 0.3) is 0 Å². The minimum absolute atomic E-state index is 0. The molecule has 7 heavy (non-hydrogen) atoms. The van der Waals surface area contributed by atoms with Crippen LogP contribution in [0.2, 0.25) is 0 Å². The van der Waals surface area contributed by atoms with Crippen molar-refractivity contribution in [3.8, 4) is 0 Å². The number of phosphoric acid groups is 1. The van der Waals surface area contributed by atoms with Gasteiger partial charge in [-0.1, -0.05) is 0 Å². The molecule has 0 saturated heterocycles. The summed E-state index contributed by atoms with van der Waals surface area (Å²) in [6.07, 6.45) is 0. The van der Waals surface area contributed by atoms with Crippen LogP contribution in [0.4, 0.5) is 0 Å². The van der Waals surface area contributed by atoms with E-state index in [2.05, 4.69) is 0 Å². The molecule has 0 radical (unpaired) electrons. The Hall–Kier alpha value is 2.37. The maximum Gasteiger partial charge on any atom is 1.00 e. The summed E-state index contributed by atoms with van der Waals surface area (Å²) in [6.45, 7) is 0. The first-order chi connectivity index (χ1) is 2.00. The summed E-state index contributed by atoms with van der Waals surface area (Å²) < 4.78 is 8.88. The number of rotatable bonds is 0. The summed E-state index contributed by atoms with van der Waals surface area (Å²) in [5, 5.41) is 0. The van der Waals surface area contributed by atoms with Gasteiger partial charge in [0, 0.05) is 19.5 Å². The van der Waals surface area contributed by atoms with Crippen LogP contribution in [0.5, 0.6) is 0 Å². The Balaban J connectivity index is -0.0000000267. The molecule has 0 unspecified atom stereocenters. The van der Waals surface area contributed by atoms with E-state index in [4.69, 9.17) is 19.2 Å². The largest absolute Gasteiger partial charge is 1.00 e. The fourth-order valence-corrected chi connectivity index (χ4v) is 0. The maximum absolute atomic E-state index is 8.88. The second-order valence-corrected chi connectivity index (χ2v) is 1.54. The summed E-state index contributed by atoms with van der Waals surface area (Å²) in [6, 6.07) is 0. The van der Waals surface area contributed by atoms with E-state index in [1.807, 2.05) is 0 Å². The summed E-state index contributed by atoms with van der Waals surface area (Å²) in [7, 11) is -4.64. The van der Waals surface area contributed by atoms with E-state index in [0.29, 0.717) is 0 Å². The van der Waals surface area contributed by atoms with Crippen LogP contribution in [0.3, 0.4) is 0 Å². The molecule has 0 bridgehead atoms. The zero-order chi connectivity index (χ0) is 4.50. The van der Waals surface area contributed by atoms with E-state index in [0.717, 1.165) is 0 Å². The molecule has 0 atom stereocenters. The molecule has 7 heteroatoms. The van der Waals surface area contributed by atoms with E-state index >= 15 is 0 Å². The van der Waals surface area contributed by atoms with Crippen LogP contribution >= 0.6 is 7.82 Å². The SMILES string of the molecule is O=P(O)(O)O.[H-].[K+].[Zn]. The predicted octanol–water partition coefficient (Wildman–Crippen LogP) is -3.81. The molecule has 0 aliphatic rings. The quantitative estimate of drug-likeness (QED) is 0.279. The van der Waals surface area contributed by atoms with Crippen LogP contribution in [-0.2, 0) is 24.0 Å². The molecular weight excluding hydrogens is 199 g/mol. The summed E-state index contributed by atoms with van der Waals surface area (Å²) in [5.74, 6) is 0. The van der Waals surface area contributed by atoms with Crippen molar-refractivity contribution in [1.82, 2.24) is 0 Å². The van der Waals surface area contributed by atoms with Gasteiger partial charge in [-0.05, 0) is 0 Å². The molecule has 0 aliphatic carbocycles. The predicted molar refractivity (Wildman–Crippen MR) is 15.4 cm³/mol. The van der Waals surface area contributed by atoms with Gasteiger partial charge in [0.05, 0.1) is 0 Å². The van der Waals surface area contributed by atoms with Crippen molar-refractivity contribution >= 4 is 7.82 Å². The Morgan fingerprint density at radius 1 is 1.29 bits per heavy atom. The Morgan fingerprint density at radius 3 is 1.29 bits per heavy atom. The van der Waals surface area contributed by atoms with Crippen LogP contribution in [-0.4, -0.2) is 14.7 Å². The van der Waals surface area contributed by atoms with Crippen molar-refractivity contribution in [2.45, 2.75) is 0 Å². The summed E-state index contributed by atoms with van der Waals surface area (Å²) >= 11 is 0. The van der Waals surface area contributed by atoms with Crippen molar-refractivity contribution in [1.29, 1.82) is 0 Å². The molecule has 0 aromatic heterocycles. The van der Waals surface area contributed by atoms with Crippen LogP contribution < -0.4 is 51.4 Å². The van der Waals surface area contributed by atoms with Crippen LogP contribution in [0.1, 0.15) is 1.43 Å². The van der Waals surface area contributed by atoms with E-state index in [1.54, 1.807) is 0 Å². The van der Waals surface area contributed by atoms with Crippen molar-refractivity contribution in [2.24, 2.45) is 0 Å². The van der Waals surface area contributed by atoms with Crippen molar-refractivity contribution < 1.29 is 91.5 Å². The Bertz CT molecular complexity index is 62.2. The zero-order valence-corrected chi connectivity index (χ0v) is 10.9. The maximum atomic E-state index is 8.88. The molecule has 0 spiro atoms. The molecule has 0 aliphatic heterocycles. The number of hydrogen-bond donors (Lipinski definition) is 3. The molecule has 0 amide bonds. The first kappa shape index (κ1) is 16.2. The Morgan fingerprint density at radius 2 is 1.29 bits per heavy atom. The molecule has 3 N–H and O–H groups in total. The van der Waals surface area contributed by atoms with Gasteiger partial charge in [-0.2, -0.15) is 0 Å². The number of hydrogen-bond acceptors (Lipinski definition) is 1. The second-order valence-electron chi connectivity index (χ2n) is 0.513. The van der Waals surface area contributed by atoms with E-state index in [9.17, 15) is 0 Å². The van der Waals surface area contributed by atoms with Gasteiger partial charge in [0.2, 0.25) is 0 Å². The monoisotopic (exact) mass is 202 g/mol. The molecular formula is H4KO4PZn. The molecule has 0 fully saturated rings. The smallest absolute Gasteiger partial charge is 1.00 e. The Kier molecular flexibility index (Phi) is 15.0. The van der Waals surface area contributed by atoms with Crippen molar-refractivity contribution in [3.05, 3.63) is 0 Å². The van der Waals surface area contributed by atoms with E-state index in [1.165, 1.54) is 0 Å². The minimum Gasteiger partial charge on any atom is -1.00 e. The van der Waals surface area contributed by atoms with Crippen LogP contribution in [0.15, 0.2) is 0 Å². The minimum atomic E-state index is -4.64. The van der Waals surface area contributed by atoms with Gasteiger partial charge >= 0.3 is 59.2 Å². The topological polar surface area (TPSA) is 77.8 Å². The van der Waals surface area contributed by atoms with E-state index < -0.39 is 7.82 Å². The summed E-state index contributed by atoms with van der Waals surface area (Å²) in [5.41, 5.74) is 0. The zero-order valence-electron chi connectivity index (χ0n) is 4.90. The first-order valence-electron chi connectivity index (χ1n) is 0.783. The first-order valence-corrected chi connectivity index (χ1v) is 2.35. The van der Waals surface area contributed by atoms with Gasteiger partial charge in [-0.3, -0.25) is 0 Å². The van der Waals surface area contributed by atoms with Gasteiger partial charge in [-0.15, -0.1) is 0 Å². The summed E-state index contributed by atoms with van der Waals surface area (Å²) in [4.78, 5) is 21.6. The van der Waals surface area contributed by atoms with Gasteiger partial charge < -0.3 is 16.1 Å². The van der Waals surface area contributed by atoms with Gasteiger partial charge in [-0.25, -0.2) is 4.57 Å². The molecule has 0 aromatic rings. The van der Waals surface area contributed by atoms with E-state index in [-0.39, 0.29) is 72.3 Å². The third-order valence-corrected chi connectivity index (χ3v) is 0. The normalized spacial score (nSPS) is 8.43. The van der Waals surface area contributed by atoms with Crippen molar-refractivity contribution in [2.75, 3.05) is 0 Å². The Labute approximate surface area is 97.6 Å². The fourth-order valence-electron chi connectivity index (χ4n) is 0. The molecule has 36 valence electrons. The molecule has 0 heterocycles. The van der Waals surface area contributed by atoms with Gasteiger partial charge in [0.1, 0.15) is 0 Å². The third-order valence-electron chi connectivity index (χ3n) is 0. The van der Waals surface area contributed by atoms with Crippen LogP contribution in [0, 0.1) is 0 Å². The van der Waals surface area contributed by atoms with Gasteiger partial charge in [0.25, 0.3) is 0 Å². The fraction of sp³-hybridized carbons (Fsp3) is 0. The standard InChI is InChI=1S/K.H3O4P.Zn.H/c;1-5(2,3)4;;/h;(H3,1,2,3,4);;/q+1;;;-1. The van der Waals surface area contributed by atoms with Gasteiger partial charge in [0.15, 0.2) is 0 Å². The molecule has 0 aromatic carbocycles. The third kappa shape index (κ3) is 60.5.